The van der Waals surface area contributed by atoms with E-state index in [2.05, 4.69) is 36.0 Å². The van der Waals surface area contributed by atoms with Gasteiger partial charge in [0.1, 0.15) is 0 Å². The van der Waals surface area contributed by atoms with Gasteiger partial charge in [0.2, 0.25) is 0 Å². The number of nitrogens with zero attached hydrogens (tertiary/aromatic N) is 2. The summed E-state index contributed by atoms with van der Waals surface area (Å²) >= 11 is 0. The topological polar surface area (TPSA) is 42.2 Å². The van der Waals surface area contributed by atoms with E-state index in [9.17, 15) is 0 Å². The second-order valence-electron chi connectivity index (χ2n) is 5.09. The predicted molar refractivity (Wildman–Crippen MR) is 70.6 cm³/mol. The second-order valence-corrected chi connectivity index (χ2v) is 5.09. The minimum absolute atomic E-state index is 0.369. The normalized spacial score (nSPS) is 26.4. The van der Waals surface area contributed by atoms with Gasteiger partial charge in [0.25, 0.3) is 0 Å². The molecule has 0 amide bonds. The van der Waals surface area contributed by atoms with Crippen molar-refractivity contribution in [3.63, 3.8) is 0 Å². The summed E-state index contributed by atoms with van der Waals surface area (Å²) < 4.78 is 0. The molecule has 94 valence electrons. The molecule has 0 saturated heterocycles. The van der Waals surface area contributed by atoms with Crippen LogP contribution in [-0.2, 0) is 0 Å². The van der Waals surface area contributed by atoms with Gasteiger partial charge in [0.15, 0.2) is 0 Å². The van der Waals surface area contributed by atoms with Crippen molar-refractivity contribution in [3.05, 3.63) is 30.1 Å². The maximum Gasteiger partial charge on any atom is 0.0572 e. The van der Waals surface area contributed by atoms with Gasteiger partial charge in [-0.25, -0.2) is 0 Å². The number of hydrogen-bond donors (Lipinski definition) is 1. The summed E-state index contributed by atoms with van der Waals surface area (Å²) in [7, 11) is 2.21. The molecular formula is C14H23N3. The maximum atomic E-state index is 5.86. The Balaban J connectivity index is 2.07. The van der Waals surface area contributed by atoms with Crippen molar-refractivity contribution in [2.75, 3.05) is 13.6 Å². The molecule has 1 heterocycles. The smallest absolute Gasteiger partial charge is 0.0572 e. The van der Waals surface area contributed by atoms with Crippen LogP contribution in [0.2, 0.25) is 0 Å². The Morgan fingerprint density at radius 2 is 2.29 bits per heavy atom. The summed E-state index contributed by atoms with van der Waals surface area (Å²) in [6.07, 6.45) is 5.73. The summed E-state index contributed by atoms with van der Waals surface area (Å²) in [6, 6.07) is 7.12. The van der Waals surface area contributed by atoms with Crippen molar-refractivity contribution < 1.29 is 0 Å². The van der Waals surface area contributed by atoms with Crippen LogP contribution in [0.3, 0.4) is 0 Å². The molecule has 0 radical (unpaired) electrons. The third-order valence-electron chi connectivity index (χ3n) is 4.17. The Labute approximate surface area is 104 Å². The lowest BCUT2D eigenvalue weighted by Gasteiger charge is -2.33. The molecule has 17 heavy (non-hydrogen) atoms. The highest BCUT2D eigenvalue weighted by atomic mass is 15.2. The fraction of sp³-hybridized carbons (Fsp3) is 0.643. The number of hydrogen-bond acceptors (Lipinski definition) is 3. The van der Waals surface area contributed by atoms with Crippen molar-refractivity contribution >= 4 is 0 Å². The summed E-state index contributed by atoms with van der Waals surface area (Å²) in [5.74, 6) is 0.658. The molecule has 2 rings (SSSR count). The fourth-order valence-electron chi connectivity index (χ4n) is 2.95. The van der Waals surface area contributed by atoms with Crippen molar-refractivity contribution in [1.29, 1.82) is 0 Å². The SMILES string of the molecule is CC(c1ccccn1)N(C)C1CCCC1CN. The molecule has 2 N–H and O–H groups in total. The van der Waals surface area contributed by atoms with Gasteiger partial charge in [0, 0.05) is 18.3 Å². The first kappa shape index (κ1) is 12.5. The molecular weight excluding hydrogens is 210 g/mol. The first-order valence-corrected chi connectivity index (χ1v) is 6.57. The van der Waals surface area contributed by atoms with E-state index in [4.69, 9.17) is 5.73 Å². The maximum absolute atomic E-state index is 5.86. The minimum atomic E-state index is 0.369. The molecule has 3 unspecified atom stereocenters. The van der Waals surface area contributed by atoms with E-state index in [1.165, 1.54) is 19.3 Å². The van der Waals surface area contributed by atoms with Crippen molar-refractivity contribution in [2.45, 2.75) is 38.3 Å². The molecule has 3 heteroatoms. The predicted octanol–water partition coefficient (Wildman–Crippen LogP) is 2.20. The molecule has 0 aliphatic heterocycles. The van der Waals surface area contributed by atoms with Gasteiger partial charge in [0.05, 0.1) is 5.69 Å². The Morgan fingerprint density at radius 3 is 2.94 bits per heavy atom. The van der Waals surface area contributed by atoms with Gasteiger partial charge in [-0.05, 0) is 51.4 Å². The lowest BCUT2D eigenvalue weighted by atomic mass is 10.0. The molecule has 1 aliphatic carbocycles. The highest BCUT2D eigenvalue weighted by Crippen LogP contribution is 2.32. The van der Waals surface area contributed by atoms with Crippen molar-refractivity contribution in [1.82, 2.24) is 9.88 Å². The monoisotopic (exact) mass is 233 g/mol. The molecule has 0 aromatic carbocycles. The van der Waals surface area contributed by atoms with Gasteiger partial charge < -0.3 is 5.73 Å². The molecule has 1 fully saturated rings. The van der Waals surface area contributed by atoms with E-state index in [0.717, 1.165) is 12.2 Å². The molecule has 3 nitrogen and oxygen atoms in total. The van der Waals surface area contributed by atoms with Crippen LogP contribution in [-0.4, -0.2) is 29.5 Å². The molecule has 1 saturated carbocycles. The Hall–Kier alpha value is -0.930. The summed E-state index contributed by atoms with van der Waals surface area (Å²) in [5, 5.41) is 0. The third-order valence-corrected chi connectivity index (χ3v) is 4.17. The number of aromatic nitrogens is 1. The van der Waals surface area contributed by atoms with Gasteiger partial charge in [-0.1, -0.05) is 12.5 Å². The average Bonchev–Trinajstić information content (AvgIpc) is 2.86. The number of rotatable bonds is 4. The zero-order valence-corrected chi connectivity index (χ0v) is 10.8. The van der Waals surface area contributed by atoms with Crippen molar-refractivity contribution in [3.8, 4) is 0 Å². The first-order chi connectivity index (χ1) is 8.24. The molecule has 1 aliphatic rings. The first-order valence-electron chi connectivity index (χ1n) is 6.57. The van der Waals surface area contributed by atoms with Gasteiger partial charge in [-0.3, -0.25) is 9.88 Å². The summed E-state index contributed by atoms with van der Waals surface area (Å²) in [6.45, 7) is 3.04. The lowest BCUT2D eigenvalue weighted by Crippen LogP contribution is -2.39. The highest BCUT2D eigenvalue weighted by Gasteiger charge is 2.31. The van der Waals surface area contributed by atoms with Crippen LogP contribution < -0.4 is 5.73 Å². The van der Waals surface area contributed by atoms with E-state index in [1.54, 1.807) is 0 Å². The van der Waals surface area contributed by atoms with Gasteiger partial charge >= 0.3 is 0 Å². The van der Waals surface area contributed by atoms with Crippen LogP contribution >= 0.6 is 0 Å². The third kappa shape index (κ3) is 2.67. The lowest BCUT2D eigenvalue weighted by molar-refractivity contribution is 0.149. The number of pyridine rings is 1. The second kappa shape index (κ2) is 5.61. The zero-order chi connectivity index (χ0) is 12.3. The van der Waals surface area contributed by atoms with Crippen LogP contribution in [0.5, 0.6) is 0 Å². The standard InChI is InChI=1S/C14H23N3/c1-11(13-7-3-4-9-16-13)17(2)14-8-5-6-12(14)10-15/h3-4,7,9,11-12,14H,5-6,8,10,15H2,1-2H3. The largest absolute Gasteiger partial charge is 0.330 e. The minimum Gasteiger partial charge on any atom is -0.330 e. The van der Waals surface area contributed by atoms with Crippen molar-refractivity contribution in [2.24, 2.45) is 11.7 Å². The van der Waals surface area contributed by atoms with Crippen LogP contribution in [0.15, 0.2) is 24.4 Å². The fourth-order valence-corrected chi connectivity index (χ4v) is 2.95. The van der Waals surface area contributed by atoms with Gasteiger partial charge in [-0.2, -0.15) is 0 Å². The Morgan fingerprint density at radius 1 is 1.47 bits per heavy atom. The van der Waals surface area contributed by atoms with E-state index in [0.29, 0.717) is 18.0 Å². The van der Waals surface area contributed by atoms with Crippen LogP contribution in [0.1, 0.15) is 37.9 Å². The molecule has 3 atom stereocenters. The van der Waals surface area contributed by atoms with E-state index >= 15 is 0 Å². The van der Waals surface area contributed by atoms with Crippen LogP contribution in [0.25, 0.3) is 0 Å². The summed E-state index contributed by atoms with van der Waals surface area (Å²) in [5.41, 5.74) is 7.01. The number of nitrogens with two attached hydrogens (primary N) is 1. The Bertz CT molecular complexity index is 339. The van der Waals surface area contributed by atoms with Gasteiger partial charge in [-0.15, -0.1) is 0 Å². The quantitative estimate of drug-likeness (QED) is 0.867. The Kier molecular flexibility index (Phi) is 4.13. The highest BCUT2D eigenvalue weighted by molar-refractivity contribution is 5.08. The van der Waals surface area contributed by atoms with E-state index < -0.39 is 0 Å². The van der Waals surface area contributed by atoms with E-state index in [-0.39, 0.29) is 0 Å². The van der Waals surface area contributed by atoms with Crippen LogP contribution in [0.4, 0.5) is 0 Å². The molecule has 0 bridgehead atoms. The molecule has 1 aromatic heterocycles. The zero-order valence-electron chi connectivity index (χ0n) is 10.8. The summed E-state index contributed by atoms with van der Waals surface area (Å²) in [4.78, 5) is 6.90. The molecule has 0 spiro atoms. The average molecular weight is 233 g/mol. The van der Waals surface area contributed by atoms with E-state index in [1.807, 2.05) is 12.3 Å². The molecule has 1 aromatic rings. The van der Waals surface area contributed by atoms with Crippen LogP contribution in [0, 0.1) is 5.92 Å².